The van der Waals surface area contributed by atoms with Gasteiger partial charge in [-0.2, -0.15) is 0 Å². The SMILES string of the molecule is CCOc1cccc(CN2CC(n3ccnc3)Cc3ccccc32)c1. The van der Waals surface area contributed by atoms with Crippen LogP contribution in [0.4, 0.5) is 5.69 Å². The van der Waals surface area contributed by atoms with Crippen molar-refractivity contribution in [1.82, 2.24) is 9.55 Å². The Morgan fingerprint density at radius 1 is 1.16 bits per heavy atom. The van der Waals surface area contributed by atoms with Crippen molar-refractivity contribution in [2.75, 3.05) is 18.1 Å². The number of hydrogen-bond acceptors (Lipinski definition) is 3. The van der Waals surface area contributed by atoms with E-state index < -0.39 is 0 Å². The summed E-state index contributed by atoms with van der Waals surface area (Å²) in [6.45, 7) is 4.57. The minimum atomic E-state index is 0.410. The molecule has 4 rings (SSSR count). The monoisotopic (exact) mass is 333 g/mol. The molecule has 0 spiro atoms. The maximum Gasteiger partial charge on any atom is 0.119 e. The van der Waals surface area contributed by atoms with Crippen molar-refractivity contribution >= 4 is 5.69 Å². The van der Waals surface area contributed by atoms with E-state index in [-0.39, 0.29) is 0 Å². The van der Waals surface area contributed by atoms with Gasteiger partial charge in [-0.1, -0.05) is 30.3 Å². The second-order valence-electron chi connectivity index (χ2n) is 6.46. The van der Waals surface area contributed by atoms with Crippen molar-refractivity contribution < 1.29 is 4.74 Å². The van der Waals surface area contributed by atoms with Gasteiger partial charge in [-0.05, 0) is 42.7 Å². The molecule has 0 aliphatic carbocycles. The Kier molecular flexibility index (Phi) is 4.42. The van der Waals surface area contributed by atoms with Crippen molar-refractivity contribution in [3.8, 4) is 5.75 Å². The van der Waals surface area contributed by atoms with Gasteiger partial charge in [0.05, 0.1) is 19.0 Å². The number of anilines is 1. The van der Waals surface area contributed by atoms with Crippen LogP contribution in [0.3, 0.4) is 0 Å². The van der Waals surface area contributed by atoms with Crippen LogP contribution >= 0.6 is 0 Å². The predicted molar refractivity (Wildman–Crippen MR) is 100 cm³/mol. The highest BCUT2D eigenvalue weighted by Gasteiger charge is 2.25. The fourth-order valence-corrected chi connectivity index (χ4v) is 3.62. The van der Waals surface area contributed by atoms with Crippen molar-refractivity contribution in [3.63, 3.8) is 0 Å². The lowest BCUT2D eigenvalue weighted by molar-refractivity contribution is 0.340. The average molecular weight is 333 g/mol. The van der Waals surface area contributed by atoms with E-state index >= 15 is 0 Å². The summed E-state index contributed by atoms with van der Waals surface area (Å²) in [5.41, 5.74) is 4.00. The van der Waals surface area contributed by atoms with Gasteiger partial charge in [-0.3, -0.25) is 0 Å². The minimum absolute atomic E-state index is 0.410. The molecule has 128 valence electrons. The summed E-state index contributed by atoms with van der Waals surface area (Å²) < 4.78 is 7.88. The van der Waals surface area contributed by atoms with Crippen LogP contribution in [0.5, 0.6) is 5.75 Å². The van der Waals surface area contributed by atoms with Crippen molar-refractivity contribution in [1.29, 1.82) is 0 Å². The average Bonchev–Trinajstić information content (AvgIpc) is 3.17. The highest BCUT2D eigenvalue weighted by atomic mass is 16.5. The van der Waals surface area contributed by atoms with E-state index in [1.165, 1.54) is 16.8 Å². The molecule has 0 N–H and O–H groups in total. The molecule has 0 fully saturated rings. The molecule has 0 bridgehead atoms. The fraction of sp³-hybridized carbons (Fsp3) is 0.286. The van der Waals surface area contributed by atoms with Crippen LogP contribution in [0.1, 0.15) is 24.1 Å². The molecule has 1 aromatic heterocycles. The first-order valence-corrected chi connectivity index (χ1v) is 8.85. The molecule has 2 heterocycles. The van der Waals surface area contributed by atoms with E-state index in [1.54, 1.807) is 0 Å². The molecular formula is C21H23N3O. The normalized spacial score (nSPS) is 16.5. The molecule has 1 aliphatic rings. The van der Waals surface area contributed by atoms with Gasteiger partial charge < -0.3 is 14.2 Å². The van der Waals surface area contributed by atoms with Crippen LogP contribution in [0.25, 0.3) is 0 Å². The Morgan fingerprint density at radius 2 is 2.08 bits per heavy atom. The zero-order chi connectivity index (χ0) is 17.1. The second-order valence-corrected chi connectivity index (χ2v) is 6.46. The van der Waals surface area contributed by atoms with Crippen LogP contribution in [0.15, 0.2) is 67.3 Å². The van der Waals surface area contributed by atoms with Gasteiger partial charge in [0.2, 0.25) is 0 Å². The lowest BCUT2D eigenvalue weighted by atomic mass is 9.97. The Hall–Kier alpha value is -2.75. The number of para-hydroxylation sites is 1. The Morgan fingerprint density at radius 3 is 2.92 bits per heavy atom. The zero-order valence-corrected chi connectivity index (χ0v) is 14.5. The molecule has 2 aromatic carbocycles. The highest BCUT2D eigenvalue weighted by Crippen LogP contribution is 2.33. The Labute approximate surface area is 148 Å². The van der Waals surface area contributed by atoms with Gasteiger partial charge in [0, 0.05) is 31.2 Å². The van der Waals surface area contributed by atoms with E-state index in [4.69, 9.17) is 4.74 Å². The van der Waals surface area contributed by atoms with Crippen LogP contribution in [0, 0.1) is 0 Å². The summed E-state index contributed by atoms with van der Waals surface area (Å²) in [7, 11) is 0. The molecule has 1 unspecified atom stereocenters. The molecule has 0 saturated heterocycles. The summed E-state index contributed by atoms with van der Waals surface area (Å²) in [5.74, 6) is 0.941. The van der Waals surface area contributed by atoms with E-state index in [0.717, 1.165) is 25.3 Å². The number of aromatic nitrogens is 2. The molecule has 1 aliphatic heterocycles. The van der Waals surface area contributed by atoms with Crippen molar-refractivity contribution in [2.45, 2.75) is 25.9 Å². The standard InChI is InChI=1S/C21H23N3O/c1-2-25-20-8-5-6-17(12-20)14-24-15-19(23-11-10-22-16-23)13-18-7-3-4-9-21(18)24/h3-12,16,19H,2,13-15H2,1H3. The summed E-state index contributed by atoms with van der Waals surface area (Å²) in [4.78, 5) is 6.69. The third-order valence-corrected chi connectivity index (χ3v) is 4.75. The molecule has 0 amide bonds. The first-order chi connectivity index (χ1) is 12.3. The van der Waals surface area contributed by atoms with Crippen LogP contribution in [-0.2, 0) is 13.0 Å². The van der Waals surface area contributed by atoms with Gasteiger partial charge in [0.1, 0.15) is 5.75 Å². The lowest BCUT2D eigenvalue weighted by Crippen LogP contribution is -2.36. The number of benzene rings is 2. The van der Waals surface area contributed by atoms with Crippen LogP contribution in [-0.4, -0.2) is 22.7 Å². The first-order valence-electron chi connectivity index (χ1n) is 8.85. The number of rotatable bonds is 5. The van der Waals surface area contributed by atoms with E-state index in [1.807, 2.05) is 25.5 Å². The van der Waals surface area contributed by atoms with Gasteiger partial charge >= 0.3 is 0 Å². The maximum atomic E-state index is 5.65. The third-order valence-electron chi connectivity index (χ3n) is 4.75. The third kappa shape index (κ3) is 3.38. The molecule has 0 radical (unpaired) electrons. The van der Waals surface area contributed by atoms with Gasteiger partial charge in [-0.25, -0.2) is 4.98 Å². The topological polar surface area (TPSA) is 30.3 Å². The summed E-state index contributed by atoms with van der Waals surface area (Å²) in [5, 5.41) is 0. The maximum absolute atomic E-state index is 5.65. The molecular weight excluding hydrogens is 310 g/mol. The largest absolute Gasteiger partial charge is 0.494 e. The van der Waals surface area contributed by atoms with E-state index in [0.29, 0.717) is 12.6 Å². The minimum Gasteiger partial charge on any atom is -0.494 e. The molecule has 1 atom stereocenters. The van der Waals surface area contributed by atoms with Gasteiger partial charge in [-0.15, -0.1) is 0 Å². The molecule has 25 heavy (non-hydrogen) atoms. The number of imidazole rings is 1. The van der Waals surface area contributed by atoms with E-state index in [9.17, 15) is 0 Å². The van der Waals surface area contributed by atoms with Gasteiger partial charge in [0.15, 0.2) is 0 Å². The smallest absolute Gasteiger partial charge is 0.119 e. The van der Waals surface area contributed by atoms with Crippen LogP contribution < -0.4 is 9.64 Å². The van der Waals surface area contributed by atoms with Crippen molar-refractivity contribution in [2.24, 2.45) is 0 Å². The molecule has 0 saturated carbocycles. The van der Waals surface area contributed by atoms with Crippen LogP contribution in [0.2, 0.25) is 0 Å². The summed E-state index contributed by atoms with van der Waals surface area (Å²) in [6.07, 6.45) is 6.89. The summed E-state index contributed by atoms with van der Waals surface area (Å²) in [6, 6.07) is 17.5. The quantitative estimate of drug-likeness (QED) is 0.704. The van der Waals surface area contributed by atoms with Gasteiger partial charge in [0.25, 0.3) is 0 Å². The number of ether oxygens (including phenoxy) is 1. The first kappa shape index (κ1) is 15.8. The van der Waals surface area contributed by atoms with Crippen molar-refractivity contribution in [3.05, 3.63) is 78.4 Å². The summed E-state index contributed by atoms with van der Waals surface area (Å²) >= 11 is 0. The highest BCUT2D eigenvalue weighted by molar-refractivity contribution is 5.56. The number of nitrogens with zero attached hydrogens (tertiary/aromatic N) is 3. The lowest BCUT2D eigenvalue weighted by Gasteiger charge is -2.36. The Balaban J connectivity index is 1.62. The molecule has 3 aromatic rings. The number of fused-ring (bicyclic) bond motifs is 1. The molecule has 4 nitrogen and oxygen atoms in total. The Bertz CT molecular complexity index is 829. The molecule has 4 heteroatoms. The van der Waals surface area contributed by atoms with E-state index in [2.05, 4.69) is 63.1 Å². The number of hydrogen-bond donors (Lipinski definition) is 0. The zero-order valence-electron chi connectivity index (χ0n) is 14.5. The fourth-order valence-electron chi connectivity index (χ4n) is 3.62. The predicted octanol–water partition coefficient (Wildman–Crippen LogP) is 4.09. The second kappa shape index (κ2) is 7.01.